The largest absolute Gasteiger partial charge is 0.493 e. The van der Waals surface area contributed by atoms with Crippen LogP contribution < -0.4 is 10.1 Å². The Morgan fingerprint density at radius 2 is 2.11 bits per heavy atom. The van der Waals surface area contributed by atoms with Crippen molar-refractivity contribution >= 4 is 44.6 Å². The van der Waals surface area contributed by atoms with Crippen molar-refractivity contribution in [2.45, 2.75) is 6.04 Å². The van der Waals surface area contributed by atoms with Gasteiger partial charge in [-0.1, -0.05) is 15.9 Å². The summed E-state index contributed by atoms with van der Waals surface area (Å²) in [6.45, 7) is 0.349. The molecule has 142 valence electrons. The Bertz CT molecular complexity index is 862. The molecule has 1 aliphatic heterocycles. The SMILES string of the molecule is CN(C(=S)Nc1ccc([N+](=O)[O-])cc1)C1c2cc(Br)ccc2OCC1CO. The third-order valence-electron chi connectivity index (χ3n) is 4.49. The van der Waals surface area contributed by atoms with Crippen LogP contribution in [0.15, 0.2) is 46.9 Å². The van der Waals surface area contributed by atoms with E-state index in [0.29, 0.717) is 17.4 Å². The van der Waals surface area contributed by atoms with Gasteiger partial charge < -0.3 is 20.1 Å². The number of benzene rings is 2. The van der Waals surface area contributed by atoms with E-state index in [-0.39, 0.29) is 24.3 Å². The van der Waals surface area contributed by atoms with Gasteiger partial charge in [-0.05, 0) is 42.5 Å². The lowest BCUT2D eigenvalue weighted by molar-refractivity contribution is -0.384. The van der Waals surface area contributed by atoms with Crippen LogP contribution in [-0.2, 0) is 0 Å². The van der Waals surface area contributed by atoms with Crippen LogP contribution in [-0.4, -0.2) is 40.3 Å². The Hall–Kier alpha value is -2.23. The molecule has 9 heteroatoms. The summed E-state index contributed by atoms with van der Waals surface area (Å²) in [6, 6.07) is 11.6. The zero-order valence-electron chi connectivity index (χ0n) is 14.5. The number of aliphatic hydroxyl groups excluding tert-OH is 1. The molecule has 1 heterocycles. The highest BCUT2D eigenvalue weighted by Gasteiger charge is 2.34. The maximum absolute atomic E-state index is 10.8. The van der Waals surface area contributed by atoms with Crippen LogP contribution in [0, 0.1) is 16.0 Å². The Kier molecular flexibility index (Phi) is 5.93. The Morgan fingerprint density at radius 1 is 1.41 bits per heavy atom. The smallest absolute Gasteiger partial charge is 0.269 e. The van der Waals surface area contributed by atoms with Crippen molar-refractivity contribution in [3.8, 4) is 5.75 Å². The number of ether oxygens (including phenoxy) is 1. The molecular formula is C18H18BrN3O4S. The molecule has 27 heavy (non-hydrogen) atoms. The average molecular weight is 452 g/mol. The number of fused-ring (bicyclic) bond motifs is 1. The summed E-state index contributed by atoms with van der Waals surface area (Å²) in [7, 11) is 1.85. The first-order valence-electron chi connectivity index (χ1n) is 8.22. The molecule has 7 nitrogen and oxygen atoms in total. The number of nitrogens with one attached hydrogen (secondary N) is 1. The van der Waals surface area contributed by atoms with Crippen molar-refractivity contribution in [2.75, 3.05) is 25.6 Å². The number of nitrogens with zero attached hydrogens (tertiary/aromatic N) is 2. The van der Waals surface area contributed by atoms with Gasteiger partial charge in [0.05, 0.1) is 24.2 Å². The molecule has 2 atom stereocenters. The van der Waals surface area contributed by atoms with Crippen LogP contribution in [0.5, 0.6) is 5.75 Å². The van der Waals surface area contributed by atoms with Gasteiger partial charge in [0.2, 0.25) is 0 Å². The Balaban J connectivity index is 1.82. The average Bonchev–Trinajstić information content (AvgIpc) is 2.66. The molecule has 0 radical (unpaired) electrons. The minimum absolute atomic E-state index is 0.0170. The lowest BCUT2D eigenvalue weighted by Gasteiger charge is -2.39. The van der Waals surface area contributed by atoms with Crippen LogP contribution in [0.4, 0.5) is 11.4 Å². The van der Waals surface area contributed by atoms with Crippen LogP contribution >= 0.6 is 28.1 Å². The first-order chi connectivity index (χ1) is 12.9. The summed E-state index contributed by atoms with van der Waals surface area (Å²) in [5, 5.41) is 24.1. The quantitative estimate of drug-likeness (QED) is 0.415. The molecule has 2 unspecified atom stereocenters. The number of anilines is 1. The second kappa shape index (κ2) is 8.20. The fraction of sp³-hybridized carbons (Fsp3) is 0.278. The minimum Gasteiger partial charge on any atom is -0.493 e. The number of rotatable bonds is 4. The van der Waals surface area contributed by atoms with Crippen molar-refractivity contribution in [2.24, 2.45) is 5.92 Å². The summed E-state index contributed by atoms with van der Waals surface area (Å²) in [5.41, 5.74) is 1.60. The van der Waals surface area contributed by atoms with Crippen molar-refractivity contribution in [3.05, 3.63) is 62.6 Å². The predicted octanol–water partition coefficient (Wildman–Crippen LogP) is 3.73. The van der Waals surface area contributed by atoms with Gasteiger partial charge in [0.1, 0.15) is 5.75 Å². The molecule has 2 aromatic carbocycles. The topological polar surface area (TPSA) is 87.9 Å². The molecule has 2 N–H and O–H groups in total. The predicted molar refractivity (Wildman–Crippen MR) is 110 cm³/mol. The maximum atomic E-state index is 10.8. The zero-order chi connectivity index (χ0) is 19.6. The number of non-ortho nitro benzene ring substituents is 1. The Labute approximate surface area is 170 Å². The second-order valence-corrected chi connectivity index (χ2v) is 7.53. The molecule has 0 aliphatic carbocycles. The second-order valence-electron chi connectivity index (χ2n) is 6.23. The highest BCUT2D eigenvalue weighted by molar-refractivity contribution is 9.10. The zero-order valence-corrected chi connectivity index (χ0v) is 16.9. The van der Waals surface area contributed by atoms with E-state index in [4.69, 9.17) is 17.0 Å². The van der Waals surface area contributed by atoms with E-state index < -0.39 is 4.92 Å². The van der Waals surface area contributed by atoms with Crippen LogP contribution in [0.25, 0.3) is 0 Å². The van der Waals surface area contributed by atoms with E-state index in [0.717, 1.165) is 15.8 Å². The number of nitro benzene ring substituents is 1. The Morgan fingerprint density at radius 3 is 2.74 bits per heavy atom. The molecular weight excluding hydrogens is 434 g/mol. The summed E-state index contributed by atoms with van der Waals surface area (Å²) < 4.78 is 6.67. The summed E-state index contributed by atoms with van der Waals surface area (Å²) >= 11 is 9.01. The standard InChI is InChI=1S/C18H18BrN3O4S/c1-21(18(27)20-13-3-5-14(6-4-13)22(24)25)17-11(9-23)10-26-16-7-2-12(19)8-15(16)17/h2-8,11,17,23H,9-10H2,1H3,(H,20,27). The van der Waals surface area contributed by atoms with E-state index in [1.807, 2.05) is 30.1 Å². The van der Waals surface area contributed by atoms with Gasteiger partial charge in [-0.3, -0.25) is 10.1 Å². The number of halogens is 1. The molecule has 0 saturated heterocycles. The van der Waals surface area contributed by atoms with Crippen molar-refractivity contribution in [1.82, 2.24) is 4.90 Å². The maximum Gasteiger partial charge on any atom is 0.269 e. The van der Waals surface area contributed by atoms with Gasteiger partial charge in [-0.15, -0.1) is 0 Å². The van der Waals surface area contributed by atoms with Gasteiger partial charge in [0, 0.05) is 40.8 Å². The molecule has 0 amide bonds. The summed E-state index contributed by atoms with van der Waals surface area (Å²) in [6.07, 6.45) is 0. The fourth-order valence-corrected chi connectivity index (χ4v) is 3.72. The summed E-state index contributed by atoms with van der Waals surface area (Å²) in [4.78, 5) is 12.2. The molecule has 0 aromatic heterocycles. The van der Waals surface area contributed by atoms with Crippen LogP contribution in [0.3, 0.4) is 0 Å². The van der Waals surface area contributed by atoms with E-state index >= 15 is 0 Å². The first kappa shape index (κ1) is 19.5. The monoisotopic (exact) mass is 451 g/mol. The van der Waals surface area contributed by atoms with E-state index in [1.54, 1.807) is 12.1 Å². The highest BCUT2D eigenvalue weighted by atomic mass is 79.9. The lowest BCUT2D eigenvalue weighted by Crippen LogP contribution is -2.43. The van der Waals surface area contributed by atoms with Crippen molar-refractivity contribution in [1.29, 1.82) is 0 Å². The van der Waals surface area contributed by atoms with Crippen LogP contribution in [0.2, 0.25) is 0 Å². The highest BCUT2D eigenvalue weighted by Crippen LogP contribution is 2.40. The molecule has 1 aliphatic rings. The van der Waals surface area contributed by atoms with Crippen molar-refractivity contribution in [3.63, 3.8) is 0 Å². The number of hydrogen-bond donors (Lipinski definition) is 2. The minimum atomic E-state index is -0.448. The molecule has 0 spiro atoms. The van der Waals surface area contributed by atoms with Crippen LogP contribution in [0.1, 0.15) is 11.6 Å². The summed E-state index contributed by atoms with van der Waals surface area (Å²) in [5.74, 6) is 0.617. The van der Waals surface area contributed by atoms with E-state index in [1.165, 1.54) is 12.1 Å². The first-order valence-corrected chi connectivity index (χ1v) is 9.42. The third-order valence-corrected chi connectivity index (χ3v) is 5.37. The number of aliphatic hydroxyl groups is 1. The molecule has 0 bridgehead atoms. The van der Waals surface area contributed by atoms with Gasteiger partial charge in [-0.2, -0.15) is 0 Å². The number of thiocarbonyl (C=S) groups is 1. The van der Waals surface area contributed by atoms with Gasteiger partial charge >= 0.3 is 0 Å². The fourth-order valence-electron chi connectivity index (χ4n) is 3.11. The molecule has 0 saturated carbocycles. The van der Waals surface area contributed by atoms with Gasteiger partial charge in [0.15, 0.2) is 5.11 Å². The third kappa shape index (κ3) is 4.20. The van der Waals surface area contributed by atoms with Crippen molar-refractivity contribution < 1.29 is 14.8 Å². The number of hydrogen-bond acceptors (Lipinski definition) is 5. The van der Waals surface area contributed by atoms with Gasteiger partial charge in [0.25, 0.3) is 5.69 Å². The van der Waals surface area contributed by atoms with E-state index in [9.17, 15) is 15.2 Å². The number of nitro groups is 1. The molecule has 3 rings (SSSR count). The van der Waals surface area contributed by atoms with Gasteiger partial charge in [-0.25, -0.2) is 0 Å². The molecule has 0 fully saturated rings. The molecule has 2 aromatic rings. The normalized spacial score (nSPS) is 18.2. The lowest BCUT2D eigenvalue weighted by atomic mass is 9.90. The van der Waals surface area contributed by atoms with E-state index in [2.05, 4.69) is 21.2 Å².